The summed E-state index contributed by atoms with van der Waals surface area (Å²) in [6, 6.07) is 14.8. The number of halogens is 1. The lowest BCUT2D eigenvalue weighted by Crippen LogP contribution is -2.60. The van der Waals surface area contributed by atoms with Gasteiger partial charge in [0, 0.05) is 17.1 Å². The van der Waals surface area contributed by atoms with E-state index >= 15 is 0 Å². The van der Waals surface area contributed by atoms with Gasteiger partial charge in [-0.3, -0.25) is 14.5 Å². The van der Waals surface area contributed by atoms with Crippen molar-refractivity contribution in [3.05, 3.63) is 53.6 Å². The van der Waals surface area contributed by atoms with Crippen LogP contribution in [0.25, 0.3) is 11.4 Å². The molecule has 1 aliphatic rings. The number of hydrogen-bond acceptors (Lipinski definition) is 5. The molecule has 0 fully saturated rings. The van der Waals surface area contributed by atoms with Crippen molar-refractivity contribution in [3.8, 4) is 11.4 Å². The summed E-state index contributed by atoms with van der Waals surface area (Å²) in [5, 5.41) is 12.4. The van der Waals surface area contributed by atoms with Crippen molar-refractivity contribution in [1.82, 2.24) is 14.8 Å². The third-order valence-electron chi connectivity index (χ3n) is 5.49. The Labute approximate surface area is 196 Å². The average molecular weight is 470 g/mol. The number of aromatic nitrogens is 3. The van der Waals surface area contributed by atoms with Gasteiger partial charge in [-0.2, -0.15) is 0 Å². The number of rotatable bonds is 5. The van der Waals surface area contributed by atoms with E-state index in [1.54, 1.807) is 24.8 Å². The van der Waals surface area contributed by atoms with E-state index < -0.39 is 10.8 Å². The molecule has 0 radical (unpaired) electrons. The molecule has 0 saturated carbocycles. The maximum Gasteiger partial charge on any atom is 0.250 e. The predicted molar refractivity (Wildman–Crippen MR) is 128 cm³/mol. The van der Waals surface area contributed by atoms with E-state index in [2.05, 4.69) is 15.5 Å². The fourth-order valence-electron chi connectivity index (χ4n) is 3.71. The molecule has 7 nitrogen and oxygen atoms in total. The van der Waals surface area contributed by atoms with Gasteiger partial charge in [0.15, 0.2) is 11.0 Å². The molecular formula is C23H24ClN5O2S. The molecule has 0 saturated heterocycles. The molecule has 1 atom stereocenters. The van der Waals surface area contributed by atoms with Gasteiger partial charge in [-0.1, -0.05) is 35.5 Å². The second kappa shape index (κ2) is 8.60. The fraction of sp³-hybridized carbons (Fsp3) is 0.304. The number of carbonyl (C=O) groups is 2. The molecule has 32 heavy (non-hydrogen) atoms. The van der Waals surface area contributed by atoms with E-state index in [0.29, 0.717) is 33.9 Å². The van der Waals surface area contributed by atoms with Gasteiger partial charge in [-0.15, -0.1) is 10.2 Å². The molecule has 1 N–H and O–H groups in total. The van der Waals surface area contributed by atoms with E-state index in [4.69, 9.17) is 11.6 Å². The quantitative estimate of drug-likeness (QED) is 0.539. The molecule has 0 bridgehead atoms. The van der Waals surface area contributed by atoms with Gasteiger partial charge in [-0.05, 0) is 64.1 Å². The minimum atomic E-state index is -1.02. The van der Waals surface area contributed by atoms with Crippen molar-refractivity contribution in [3.63, 3.8) is 0 Å². The van der Waals surface area contributed by atoms with Crippen LogP contribution in [0.2, 0.25) is 5.02 Å². The van der Waals surface area contributed by atoms with Crippen LogP contribution in [-0.4, -0.2) is 37.4 Å². The summed E-state index contributed by atoms with van der Waals surface area (Å²) < 4.78 is 1.97. The Bertz CT molecular complexity index is 1180. The van der Waals surface area contributed by atoms with E-state index in [1.807, 2.05) is 60.9 Å². The minimum absolute atomic E-state index is 0.166. The van der Waals surface area contributed by atoms with Gasteiger partial charge in [-0.25, -0.2) is 0 Å². The number of thioether (sulfide) groups is 1. The van der Waals surface area contributed by atoms with Crippen molar-refractivity contribution < 1.29 is 9.59 Å². The molecular weight excluding hydrogens is 446 g/mol. The van der Waals surface area contributed by atoms with E-state index in [-0.39, 0.29) is 11.8 Å². The first-order valence-electron chi connectivity index (χ1n) is 10.3. The van der Waals surface area contributed by atoms with Gasteiger partial charge in [0.1, 0.15) is 5.54 Å². The molecule has 1 unspecified atom stereocenters. The van der Waals surface area contributed by atoms with Crippen LogP contribution in [0.3, 0.4) is 0 Å². The Morgan fingerprint density at radius 1 is 1.16 bits per heavy atom. The molecule has 0 spiro atoms. The maximum absolute atomic E-state index is 13.6. The Hall–Kier alpha value is -2.84. The third-order valence-corrected chi connectivity index (χ3v) is 6.81. The van der Waals surface area contributed by atoms with Crippen LogP contribution in [0, 0.1) is 0 Å². The van der Waals surface area contributed by atoms with Gasteiger partial charge in [0.2, 0.25) is 11.8 Å². The molecule has 2 heterocycles. The zero-order valence-corrected chi connectivity index (χ0v) is 19.9. The van der Waals surface area contributed by atoms with Crippen LogP contribution < -0.4 is 10.2 Å². The minimum Gasteiger partial charge on any atom is -0.322 e. The lowest BCUT2D eigenvalue weighted by molar-refractivity contribution is -0.126. The topological polar surface area (TPSA) is 80.1 Å². The lowest BCUT2D eigenvalue weighted by Gasteiger charge is -2.43. The number of fused-ring (bicyclic) bond motifs is 1. The van der Waals surface area contributed by atoms with Crippen molar-refractivity contribution in [2.24, 2.45) is 0 Å². The summed E-state index contributed by atoms with van der Waals surface area (Å²) in [5.74, 6) is 0.332. The molecule has 166 valence electrons. The van der Waals surface area contributed by atoms with Crippen molar-refractivity contribution in [1.29, 1.82) is 0 Å². The summed E-state index contributed by atoms with van der Waals surface area (Å²) in [4.78, 5) is 27.9. The second-order valence-corrected chi connectivity index (χ2v) is 9.77. The number of hydrogen-bond donors (Lipinski definition) is 1. The van der Waals surface area contributed by atoms with Crippen LogP contribution in [0.4, 0.5) is 11.4 Å². The monoisotopic (exact) mass is 469 g/mol. The van der Waals surface area contributed by atoms with Gasteiger partial charge < -0.3 is 9.88 Å². The van der Waals surface area contributed by atoms with Crippen molar-refractivity contribution in [2.45, 2.75) is 50.2 Å². The van der Waals surface area contributed by atoms with Crippen LogP contribution in [0.15, 0.2) is 53.7 Å². The molecule has 3 aromatic rings. The number of amides is 2. The van der Waals surface area contributed by atoms with Crippen molar-refractivity contribution in [2.75, 3.05) is 10.2 Å². The average Bonchev–Trinajstić information content (AvgIpc) is 3.17. The smallest absolute Gasteiger partial charge is 0.250 e. The Kier molecular flexibility index (Phi) is 6.01. The van der Waals surface area contributed by atoms with Crippen LogP contribution >= 0.6 is 23.4 Å². The fourth-order valence-corrected chi connectivity index (χ4v) is 4.79. The highest BCUT2D eigenvalue weighted by Gasteiger charge is 2.45. The third kappa shape index (κ3) is 3.89. The normalized spacial score (nSPS) is 15.8. The largest absolute Gasteiger partial charge is 0.322 e. The Morgan fingerprint density at radius 2 is 1.84 bits per heavy atom. The molecule has 1 aliphatic heterocycles. The zero-order chi connectivity index (χ0) is 23.0. The molecule has 9 heteroatoms. The Balaban J connectivity index is 1.63. The lowest BCUT2D eigenvalue weighted by atomic mass is 9.96. The van der Waals surface area contributed by atoms with Crippen LogP contribution in [-0.2, 0) is 16.1 Å². The van der Waals surface area contributed by atoms with Gasteiger partial charge in [0.05, 0.1) is 16.6 Å². The van der Waals surface area contributed by atoms with Crippen LogP contribution in [0.1, 0.15) is 27.7 Å². The first-order valence-corrected chi connectivity index (χ1v) is 11.6. The summed E-state index contributed by atoms with van der Waals surface area (Å²) in [5.41, 5.74) is 1.20. The Morgan fingerprint density at radius 3 is 2.53 bits per heavy atom. The summed E-state index contributed by atoms with van der Waals surface area (Å²) in [6.07, 6.45) is 0. The number of para-hydroxylation sites is 2. The highest BCUT2D eigenvalue weighted by Crippen LogP contribution is 2.39. The first-order chi connectivity index (χ1) is 15.2. The van der Waals surface area contributed by atoms with E-state index in [1.165, 1.54) is 11.8 Å². The molecule has 2 amide bonds. The van der Waals surface area contributed by atoms with Gasteiger partial charge >= 0.3 is 0 Å². The standard InChI is InChI=1S/C23H24ClN5O2S/c1-5-28-19(15-10-12-16(24)13-11-15)26-27-22(28)32-14(2)20(30)29-18-9-7-6-8-17(18)25-21(31)23(29,3)4/h6-14H,5H2,1-4H3,(H,25,31). The van der Waals surface area contributed by atoms with E-state index in [9.17, 15) is 9.59 Å². The summed E-state index contributed by atoms with van der Waals surface area (Å²) >= 11 is 7.34. The number of nitrogens with one attached hydrogen (secondary N) is 1. The number of anilines is 2. The summed E-state index contributed by atoms with van der Waals surface area (Å²) in [7, 11) is 0. The molecule has 4 rings (SSSR count). The predicted octanol–water partition coefficient (Wildman–Crippen LogP) is 4.86. The molecule has 2 aromatic carbocycles. The van der Waals surface area contributed by atoms with Gasteiger partial charge in [0.25, 0.3) is 0 Å². The molecule has 0 aliphatic carbocycles. The number of benzene rings is 2. The van der Waals surface area contributed by atoms with Crippen LogP contribution in [0.5, 0.6) is 0 Å². The maximum atomic E-state index is 13.6. The van der Waals surface area contributed by atoms with E-state index in [0.717, 1.165) is 5.56 Å². The SMILES string of the molecule is CCn1c(SC(C)C(=O)N2c3ccccc3NC(=O)C2(C)C)nnc1-c1ccc(Cl)cc1. The number of carbonyl (C=O) groups excluding carboxylic acids is 2. The highest BCUT2D eigenvalue weighted by atomic mass is 35.5. The molecule has 1 aromatic heterocycles. The second-order valence-electron chi connectivity index (χ2n) is 8.02. The summed E-state index contributed by atoms with van der Waals surface area (Å²) in [6.45, 7) is 7.98. The van der Waals surface area contributed by atoms with Crippen molar-refractivity contribution >= 4 is 46.6 Å². The first kappa shape index (κ1) is 22.4. The highest BCUT2D eigenvalue weighted by molar-refractivity contribution is 8.00. The number of nitrogens with zero attached hydrogens (tertiary/aromatic N) is 4. The zero-order valence-electron chi connectivity index (χ0n) is 18.3.